The van der Waals surface area contributed by atoms with Crippen molar-refractivity contribution >= 4 is 27.5 Å². The third kappa shape index (κ3) is 3.70. The van der Waals surface area contributed by atoms with Crippen molar-refractivity contribution in [1.29, 1.82) is 0 Å². The van der Waals surface area contributed by atoms with Crippen molar-refractivity contribution in [3.8, 4) is 11.5 Å². The number of ether oxygens (including phenoxy) is 2. The zero-order valence-corrected chi connectivity index (χ0v) is 16.1. The first kappa shape index (κ1) is 18.7. The Bertz CT molecular complexity index is 1220. The number of esters is 1. The second kappa shape index (κ2) is 7.40. The molecular formula is C21H16N2O5S. The number of amidine groups is 1. The number of methoxy groups -OCH3 is 1. The van der Waals surface area contributed by atoms with Gasteiger partial charge in [-0.3, -0.25) is 0 Å². The van der Waals surface area contributed by atoms with Gasteiger partial charge in [-0.1, -0.05) is 24.3 Å². The molecule has 0 aromatic heterocycles. The fourth-order valence-electron chi connectivity index (χ4n) is 2.91. The van der Waals surface area contributed by atoms with Crippen molar-refractivity contribution in [1.82, 2.24) is 0 Å². The Kier molecular flexibility index (Phi) is 4.77. The lowest BCUT2D eigenvalue weighted by Gasteiger charge is -2.10. The molecule has 1 N–H and O–H groups in total. The summed E-state index contributed by atoms with van der Waals surface area (Å²) >= 11 is 0. The van der Waals surface area contributed by atoms with E-state index in [2.05, 4.69) is 9.71 Å². The van der Waals surface area contributed by atoms with E-state index in [-0.39, 0.29) is 10.7 Å². The molecule has 7 nitrogen and oxygen atoms in total. The van der Waals surface area contributed by atoms with E-state index in [1.54, 1.807) is 66.7 Å². The van der Waals surface area contributed by atoms with Gasteiger partial charge in [-0.25, -0.2) is 4.79 Å². The van der Waals surface area contributed by atoms with Crippen LogP contribution in [-0.4, -0.2) is 27.3 Å². The van der Waals surface area contributed by atoms with Crippen LogP contribution in [0.3, 0.4) is 0 Å². The monoisotopic (exact) mass is 408 g/mol. The number of hydrogen-bond acceptors (Lipinski definition) is 6. The van der Waals surface area contributed by atoms with Crippen molar-refractivity contribution in [2.24, 2.45) is 4.40 Å². The molecule has 0 bridgehead atoms. The maximum absolute atomic E-state index is 12.4. The van der Waals surface area contributed by atoms with Gasteiger partial charge in [0, 0.05) is 11.3 Å². The Morgan fingerprint density at radius 3 is 2.38 bits per heavy atom. The highest BCUT2D eigenvalue weighted by Gasteiger charge is 2.28. The molecule has 0 spiro atoms. The van der Waals surface area contributed by atoms with Gasteiger partial charge >= 0.3 is 5.97 Å². The summed E-state index contributed by atoms with van der Waals surface area (Å²) < 4.78 is 38.6. The van der Waals surface area contributed by atoms with E-state index in [4.69, 9.17) is 9.47 Å². The molecule has 146 valence electrons. The summed E-state index contributed by atoms with van der Waals surface area (Å²) in [6.45, 7) is 0. The zero-order chi connectivity index (χ0) is 20.4. The first-order chi connectivity index (χ1) is 14.0. The van der Waals surface area contributed by atoms with Gasteiger partial charge in [0.05, 0.1) is 7.11 Å². The highest BCUT2D eigenvalue weighted by atomic mass is 32.2. The molecule has 0 fully saturated rings. The van der Waals surface area contributed by atoms with E-state index in [0.717, 1.165) is 0 Å². The van der Waals surface area contributed by atoms with Gasteiger partial charge in [-0.2, -0.15) is 8.42 Å². The molecule has 0 saturated carbocycles. The predicted octanol–water partition coefficient (Wildman–Crippen LogP) is 3.48. The third-order valence-corrected chi connectivity index (χ3v) is 5.62. The number of hydrogen-bond donors (Lipinski definition) is 1. The fourth-order valence-corrected chi connectivity index (χ4v) is 4.09. The van der Waals surface area contributed by atoms with Gasteiger partial charge in [0.15, 0.2) is 5.84 Å². The number of para-hydroxylation sites is 1. The standard InChI is InChI=1S/C21H16N2O5S/c1-27-18-8-4-2-6-16(18)21(24)28-15-12-10-14(11-13-15)22-20-17-7-3-5-9-19(17)29(25,26)23-20/h2-13H,1H3,(H,22,23). The Balaban J connectivity index is 1.50. The van der Waals surface area contributed by atoms with Gasteiger partial charge in [0.1, 0.15) is 22.0 Å². The van der Waals surface area contributed by atoms with Crippen LogP contribution < -0.4 is 14.8 Å². The molecule has 0 saturated heterocycles. The van der Waals surface area contributed by atoms with Crippen LogP contribution >= 0.6 is 0 Å². The van der Waals surface area contributed by atoms with Gasteiger partial charge < -0.3 is 14.8 Å². The molecule has 29 heavy (non-hydrogen) atoms. The van der Waals surface area contributed by atoms with Crippen LogP contribution in [0.1, 0.15) is 15.9 Å². The van der Waals surface area contributed by atoms with E-state index in [0.29, 0.717) is 28.3 Å². The van der Waals surface area contributed by atoms with Gasteiger partial charge in [0.25, 0.3) is 10.0 Å². The molecule has 3 aromatic carbocycles. The maximum Gasteiger partial charge on any atom is 0.347 e. The molecule has 0 unspecified atom stereocenters. The van der Waals surface area contributed by atoms with Crippen molar-refractivity contribution in [3.63, 3.8) is 0 Å². The number of rotatable bonds is 4. The molecule has 0 atom stereocenters. The first-order valence-electron chi connectivity index (χ1n) is 8.64. The zero-order valence-electron chi connectivity index (χ0n) is 15.3. The smallest absolute Gasteiger partial charge is 0.347 e. The van der Waals surface area contributed by atoms with Crippen molar-refractivity contribution in [3.05, 3.63) is 83.9 Å². The van der Waals surface area contributed by atoms with Crippen molar-refractivity contribution < 1.29 is 22.7 Å². The minimum atomic E-state index is -3.69. The summed E-state index contributed by atoms with van der Waals surface area (Å²) in [4.78, 5) is 12.5. The average molecular weight is 408 g/mol. The number of sulfonamides is 1. The lowest BCUT2D eigenvalue weighted by Crippen LogP contribution is -2.12. The number of fused-ring (bicyclic) bond motifs is 1. The number of nitrogens with one attached hydrogen (secondary N) is 1. The SMILES string of the molecule is COc1ccccc1C(=O)Oc1ccc(NC2=NS(=O)(=O)c3ccccc32)cc1. The average Bonchev–Trinajstić information content (AvgIpc) is 2.99. The summed E-state index contributed by atoms with van der Waals surface area (Å²) in [5.41, 5.74) is 1.44. The lowest BCUT2D eigenvalue weighted by atomic mass is 10.2. The van der Waals surface area contributed by atoms with E-state index < -0.39 is 16.0 Å². The van der Waals surface area contributed by atoms with Crippen LogP contribution in [-0.2, 0) is 10.0 Å². The predicted molar refractivity (Wildman–Crippen MR) is 108 cm³/mol. The van der Waals surface area contributed by atoms with Crippen LogP contribution in [0.4, 0.5) is 5.69 Å². The topological polar surface area (TPSA) is 94.1 Å². The number of anilines is 1. The molecule has 1 aliphatic heterocycles. The Morgan fingerprint density at radius 2 is 1.62 bits per heavy atom. The number of nitrogens with zero attached hydrogens (tertiary/aromatic N) is 1. The highest BCUT2D eigenvalue weighted by Crippen LogP contribution is 2.27. The molecule has 1 heterocycles. The van der Waals surface area contributed by atoms with E-state index in [9.17, 15) is 13.2 Å². The van der Waals surface area contributed by atoms with Gasteiger partial charge in [0.2, 0.25) is 0 Å². The molecular weight excluding hydrogens is 392 g/mol. The Labute approximate surface area is 167 Å². The van der Waals surface area contributed by atoms with Crippen LogP contribution in [0.15, 0.2) is 82.1 Å². The summed E-state index contributed by atoms with van der Waals surface area (Å²) in [6.07, 6.45) is 0. The largest absolute Gasteiger partial charge is 0.496 e. The molecule has 1 aliphatic rings. The number of benzene rings is 3. The van der Waals surface area contributed by atoms with Crippen LogP contribution in [0.25, 0.3) is 0 Å². The highest BCUT2D eigenvalue weighted by molar-refractivity contribution is 7.90. The Morgan fingerprint density at radius 1 is 0.931 bits per heavy atom. The second-order valence-corrected chi connectivity index (χ2v) is 7.72. The normalized spacial score (nSPS) is 13.9. The van der Waals surface area contributed by atoms with Crippen molar-refractivity contribution in [2.75, 3.05) is 12.4 Å². The summed E-state index contributed by atoms with van der Waals surface area (Å²) in [5.74, 6) is 0.477. The van der Waals surface area contributed by atoms with E-state index in [1.165, 1.54) is 13.2 Å². The molecule has 0 aliphatic carbocycles. The third-order valence-electron chi connectivity index (χ3n) is 4.29. The van der Waals surface area contributed by atoms with Crippen molar-refractivity contribution in [2.45, 2.75) is 4.90 Å². The Hall–Kier alpha value is -3.65. The molecule has 8 heteroatoms. The van der Waals surface area contributed by atoms with Crippen LogP contribution in [0, 0.1) is 0 Å². The molecule has 0 amide bonds. The number of carbonyl (C=O) groups is 1. The quantitative estimate of drug-likeness (QED) is 0.525. The van der Waals surface area contributed by atoms with E-state index in [1.807, 2.05) is 0 Å². The van der Waals surface area contributed by atoms with E-state index >= 15 is 0 Å². The molecule has 4 rings (SSSR count). The van der Waals surface area contributed by atoms with Gasteiger partial charge in [-0.15, -0.1) is 4.40 Å². The fraction of sp³-hybridized carbons (Fsp3) is 0.0476. The second-order valence-electron chi connectivity index (χ2n) is 6.15. The number of carbonyl (C=O) groups excluding carboxylic acids is 1. The van der Waals surface area contributed by atoms with Crippen LogP contribution in [0.2, 0.25) is 0 Å². The maximum atomic E-state index is 12.4. The minimum absolute atomic E-state index is 0.171. The van der Waals surface area contributed by atoms with Gasteiger partial charge in [-0.05, 0) is 48.5 Å². The molecule has 3 aromatic rings. The summed E-state index contributed by atoms with van der Waals surface area (Å²) in [7, 11) is -2.21. The lowest BCUT2D eigenvalue weighted by molar-refractivity contribution is 0.0731. The first-order valence-corrected chi connectivity index (χ1v) is 10.1. The molecule has 0 radical (unpaired) electrons. The summed E-state index contributed by atoms with van der Waals surface area (Å²) in [5, 5.41) is 2.99. The summed E-state index contributed by atoms with van der Waals surface area (Å²) in [6, 6.07) is 19.9. The minimum Gasteiger partial charge on any atom is -0.496 e. The van der Waals surface area contributed by atoms with Crippen LogP contribution in [0.5, 0.6) is 11.5 Å².